The van der Waals surface area contributed by atoms with E-state index in [0.717, 1.165) is 27.5 Å². The number of nitrogens with zero attached hydrogens (tertiary/aromatic N) is 3. The number of hydrogen-bond acceptors (Lipinski definition) is 6. The van der Waals surface area contributed by atoms with Gasteiger partial charge in [-0.3, -0.25) is 4.79 Å². The molecule has 1 amide bonds. The summed E-state index contributed by atoms with van der Waals surface area (Å²) >= 11 is 3.08. The van der Waals surface area contributed by atoms with Crippen molar-refractivity contribution in [3.8, 4) is 0 Å². The molecule has 1 aliphatic rings. The van der Waals surface area contributed by atoms with E-state index >= 15 is 0 Å². The molecule has 4 aromatic rings. The van der Waals surface area contributed by atoms with E-state index in [0.29, 0.717) is 17.5 Å². The number of carbonyl (C=O) groups is 1. The summed E-state index contributed by atoms with van der Waals surface area (Å²) in [4.78, 5) is 16.5. The molecule has 1 aromatic heterocycles. The lowest BCUT2D eigenvalue weighted by Gasteiger charge is -2.37. The number of carbonyl (C=O) groups excluding carboxylic acids is 1. The summed E-state index contributed by atoms with van der Waals surface area (Å²) in [6.07, 6.45) is 0.579. The highest BCUT2D eigenvalue weighted by atomic mass is 32.2. The third-order valence-electron chi connectivity index (χ3n) is 5.25. The molecule has 0 radical (unpaired) electrons. The van der Waals surface area contributed by atoms with Crippen LogP contribution in [-0.4, -0.2) is 27.6 Å². The summed E-state index contributed by atoms with van der Waals surface area (Å²) < 4.78 is 5.77. The Balaban J connectivity index is 1.32. The molecule has 5 nitrogen and oxygen atoms in total. The molecule has 0 saturated heterocycles. The van der Waals surface area contributed by atoms with E-state index in [2.05, 4.69) is 28.4 Å². The number of thioether (sulfide) groups is 2. The van der Waals surface area contributed by atoms with Gasteiger partial charge in [0, 0.05) is 10.6 Å². The standard InChI is InChI=1S/C25H21N3O2S2/c29-24(17-32-25-27-26-23(30-25)15-18-9-3-1-4-10-18)28-20-13-7-8-14-22(20)31-16-21(28)19-11-5-2-6-12-19/h1-14,21H,15-17H2. The quantitative estimate of drug-likeness (QED) is 0.348. The highest BCUT2D eigenvalue weighted by Gasteiger charge is 2.32. The molecule has 5 rings (SSSR count). The molecule has 0 aliphatic carbocycles. The molecular formula is C25H21N3O2S2. The number of benzene rings is 3. The second-order valence-corrected chi connectivity index (χ2v) is 9.37. The Morgan fingerprint density at radius 2 is 1.69 bits per heavy atom. The van der Waals surface area contributed by atoms with Crippen LogP contribution in [0.2, 0.25) is 0 Å². The minimum absolute atomic E-state index is 0.0134. The Morgan fingerprint density at radius 1 is 0.969 bits per heavy atom. The van der Waals surface area contributed by atoms with E-state index in [1.807, 2.05) is 71.6 Å². The number of rotatable bonds is 6. The van der Waals surface area contributed by atoms with Crippen LogP contribution in [0.3, 0.4) is 0 Å². The first-order valence-electron chi connectivity index (χ1n) is 10.4. The van der Waals surface area contributed by atoms with Gasteiger partial charge in [-0.15, -0.1) is 22.0 Å². The molecule has 0 spiro atoms. The van der Waals surface area contributed by atoms with Gasteiger partial charge in [0.1, 0.15) is 0 Å². The second-order valence-electron chi connectivity index (χ2n) is 7.38. The largest absolute Gasteiger partial charge is 0.416 e. The maximum Gasteiger partial charge on any atom is 0.277 e. The van der Waals surface area contributed by atoms with Crippen LogP contribution >= 0.6 is 23.5 Å². The Kier molecular flexibility index (Phi) is 6.27. The van der Waals surface area contributed by atoms with E-state index in [1.54, 1.807) is 11.8 Å². The summed E-state index contributed by atoms with van der Waals surface area (Å²) in [5, 5.41) is 8.67. The van der Waals surface area contributed by atoms with E-state index in [4.69, 9.17) is 4.42 Å². The molecule has 1 atom stereocenters. The van der Waals surface area contributed by atoms with Crippen molar-refractivity contribution in [2.45, 2.75) is 22.6 Å². The van der Waals surface area contributed by atoms with Crippen LogP contribution in [0.25, 0.3) is 0 Å². The molecule has 1 unspecified atom stereocenters. The maximum absolute atomic E-state index is 13.4. The maximum atomic E-state index is 13.4. The van der Waals surface area contributed by atoms with Crippen LogP contribution in [0, 0.1) is 0 Å². The van der Waals surface area contributed by atoms with Crippen molar-refractivity contribution in [1.82, 2.24) is 10.2 Å². The van der Waals surface area contributed by atoms with Gasteiger partial charge in [0.05, 0.1) is 23.9 Å². The summed E-state index contributed by atoms with van der Waals surface area (Å²) in [5.74, 6) is 1.63. The predicted octanol–water partition coefficient (Wildman–Crippen LogP) is 5.63. The first-order chi connectivity index (χ1) is 15.8. The van der Waals surface area contributed by atoms with Gasteiger partial charge >= 0.3 is 0 Å². The van der Waals surface area contributed by atoms with Crippen molar-refractivity contribution >= 4 is 35.1 Å². The number of hydrogen-bond donors (Lipinski definition) is 0. The minimum Gasteiger partial charge on any atom is -0.416 e. The Bertz CT molecular complexity index is 1200. The lowest BCUT2D eigenvalue weighted by molar-refractivity contribution is -0.116. The minimum atomic E-state index is -0.0134. The fourth-order valence-electron chi connectivity index (χ4n) is 3.75. The molecule has 0 saturated carbocycles. The van der Waals surface area contributed by atoms with E-state index in [9.17, 15) is 4.79 Å². The third kappa shape index (κ3) is 4.59. The predicted molar refractivity (Wildman–Crippen MR) is 128 cm³/mol. The Hall–Kier alpha value is -3.03. The second kappa shape index (κ2) is 9.63. The number of aromatic nitrogens is 2. The molecule has 0 N–H and O–H groups in total. The first-order valence-corrected chi connectivity index (χ1v) is 12.3. The smallest absolute Gasteiger partial charge is 0.277 e. The lowest BCUT2D eigenvalue weighted by Crippen LogP contribution is -2.39. The molecular weight excluding hydrogens is 438 g/mol. The molecule has 3 aromatic carbocycles. The van der Waals surface area contributed by atoms with Crippen molar-refractivity contribution in [2.24, 2.45) is 0 Å². The van der Waals surface area contributed by atoms with Gasteiger partial charge in [-0.2, -0.15) is 0 Å². The van der Waals surface area contributed by atoms with Crippen molar-refractivity contribution in [2.75, 3.05) is 16.4 Å². The molecule has 2 heterocycles. The SMILES string of the molecule is O=C(CSc1nnc(Cc2ccccc2)o1)N1c2ccccc2SCC1c1ccccc1. The van der Waals surface area contributed by atoms with Crippen LogP contribution in [0.15, 0.2) is 99.5 Å². The summed E-state index contributed by atoms with van der Waals surface area (Å²) in [5.41, 5.74) is 3.20. The Morgan fingerprint density at radius 3 is 2.50 bits per heavy atom. The normalized spacial score (nSPS) is 15.4. The van der Waals surface area contributed by atoms with Gasteiger partial charge < -0.3 is 9.32 Å². The zero-order valence-electron chi connectivity index (χ0n) is 17.3. The molecule has 160 valence electrons. The average molecular weight is 460 g/mol. The summed E-state index contributed by atoms with van der Waals surface area (Å²) in [6.45, 7) is 0. The topological polar surface area (TPSA) is 59.2 Å². The first kappa shape index (κ1) is 20.8. The average Bonchev–Trinajstić information content (AvgIpc) is 3.30. The van der Waals surface area contributed by atoms with Gasteiger partial charge in [0.2, 0.25) is 11.8 Å². The number of fused-ring (bicyclic) bond motifs is 1. The van der Waals surface area contributed by atoms with Gasteiger partial charge in [-0.1, -0.05) is 84.6 Å². The molecule has 1 aliphatic heterocycles. The molecule has 0 bridgehead atoms. The van der Waals surface area contributed by atoms with Crippen molar-refractivity contribution in [1.29, 1.82) is 0 Å². The number of para-hydroxylation sites is 1. The van der Waals surface area contributed by atoms with Gasteiger partial charge in [-0.05, 0) is 23.3 Å². The zero-order chi connectivity index (χ0) is 21.8. The highest BCUT2D eigenvalue weighted by Crippen LogP contribution is 2.43. The fraction of sp³-hybridized carbons (Fsp3) is 0.160. The van der Waals surface area contributed by atoms with Crippen LogP contribution < -0.4 is 4.90 Å². The van der Waals surface area contributed by atoms with Crippen molar-refractivity contribution < 1.29 is 9.21 Å². The van der Waals surface area contributed by atoms with Crippen molar-refractivity contribution in [3.63, 3.8) is 0 Å². The highest BCUT2D eigenvalue weighted by molar-refractivity contribution is 8.00. The lowest BCUT2D eigenvalue weighted by atomic mass is 10.1. The van der Waals surface area contributed by atoms with Gasteiger partial charge in [-0.25, -0.2) is 0 Å². The van der Waals surface area contributed by atoms with Gasteiger partial charge in [0.15, 0.2) is 0 Å². The van der Waals surface area contributed by atoms with Gasteiger partial charge in [0.25, 0.3) is 5.22 Å². The molecule has 32 heavy (non-hydrogen) atoms. The van der Waals surface area contributed by atoms with Crippen LogP contribution in [0.5, 0.6) is 0 Å². The zero-order valence-corrected chi connectivity index (χ0v) is 18.9. The summed E-state index contributed by atoms with van der Waals surface area (Å²) in [6, 6.07) is 28.3. The monoisotopic (exact) mass is 459 g/mol. The number of amides is 1. The molecule has 0 fully saturated rings. The Labute approximate surface area is 195 Å². The van der Waals surface area contributed by atoms with E-state index in [-0.39, 0.29) is 17.7 Å². The fourth-order valence-corrected chi connectivity index (χ4v) is 5.56. The molecule has 7 heteroatoms. The summed E-state index contributed by atoms with van der Waals surface area (Å²) in [7, 11) is 0. The number of anilines is 1. The van der Waals surface area contributed by atoms with E-state index in [1.165, 1.54) is 11.8 Å². The van der Waals surface area contributed by atoms with Crippen molar-refractivity contribution in [3.05, 3.63) is 102 Å². The van der Waals surface area contributed by atoms with Crippen LogP contribution in [0.4, 0.5) is 5.69 Å². The third-order valence-corrected chi connectivity index (χ3v) is 7.19. The van der Waals surface area contributed by atoms with Crippen LogP contribution in [0.1, 0.15) is 23.1 Å². The van der Waals surface area contributed by atoms with Crippen LogP contribution in [-0.2, 0) is 11.2 Å². The van der Waals surface area contributed by atoms with E-state index < -0.39 is 0 Å².